The number of hydrogen-bond donors (Lipinski definition) is 1. The van der Waals surface area contributed by atoms with Crippen molar-refractivity contribution in [1.82, 2.24) is 10.3 Å². The molecule has 1 heterocycles. The van der Waals surface area contributed by atoms with Gasteiger partial charge in [-0.25, -0.2) is 0 Å². The molecule has 0 aromatic carbocycles. The van der Waals surface area contributed by atoms with Crippen LogP contribution in [-0.4, -0.2) is 24.7 Å². The van der Waals surface area contributed by atoms with E-state index in [1.807, 2.05) is 20.9 Å². The largest absolute Gasteiger partial charge is 0.377 e. The molecule has 0 fully saturated rings. The molecule has 0 spiro atoms. The maximum atomic E-state index is 5.65. The van der Waals surface area contributed by atoms with Gasteiger partial charge in [0.1, 0.15) is 0 Å². The zero-order valence-electron chi connectivity index (χ0n) is 10.9. The van der Waals surface area contributed by atoms with Gasteiger partial charge in [-0.15, -0.1) is 0 Å². The number of likely N-dealkylation sites (N-methyl/N-ethyl adjacent to an activating group) is 1. The van der Waals surface area contributed by atoms with Crippen LogP contribution in [0.3, 0.4) is 0 Å². The highest BCUT2D eigenvalue weighted by molar-refractivity contribution is 5.23. The first-order valence-corrected chi connectivity index (χ1v) is 5.77. The summed E-state index contributed by atoms with van der Waals surface area (Å²) in [6.07, 6.45) is 0.264. The van der Waals surface area contributed by atoms with E-state index in [0.717, 1.165) is 11.4 Å². The molecule has 1 N–H and O–H groups in total. The molecule has 0 aliphatic heterocycles. The Kier molecular flexibility index (Phi) is 4.90. The molecule has 1 atom stereocenters. The van der Waals surface area contributed by atoms with Crippen molar-refractivity contribution in [3.8, 4) is 0 Å². The summed E-state index contributed by atoms with van der Waals surface area (Å²) in [6, 6.07) is 4.46. The summed E-state index contributed by atoms with van der Waals surface area (Å²) < 4.78 is 5.65. The monoisotopic (exact) mass is 222 g/mol. The lowest BCUT2D eigenvalue weighted by atomic mass is 10.1. The molecule has 3 heteroatoms. The number of hydrogen-bond acceptors (Lipinski definition) is 3. The predicted molar refractivity (Wildman–Crippen MR) is 66.6 cm³/mol. The first-order valence-electron chi connectivity index (χ1n) is 5.77. The average molecular weight is 222 g/mol. The number of aryl methyl sites for hydroxylation is 2. The van der Waals surface area contributed by atoms with E-state index in [1.165, 1.54) is 5.56 Å². The SMILES string of the molecule is CNC(COC(C)C)c1cc(C)nc(C)c1. The van der Waals surface area contributed by atoms with Crippen molar-refractivity contribution in [1.29, 1.82) is 0 Å². The van der Waals surface area contributed by atoms with E-state index >= 15 is 0 Å². The molecule has 0 amide bonds. The van der Waals surface area contributed by atoms with Crippen LogP contribution in [0.15, 0.2) is 12.1 Å². The molecule has 1 unspecified atom stereocenters. The third kappa shape index (κ3) is 3.91. The van der Waals surface area contributed by atoms with Crippen molar-refractivity contribution in [2.45, 2.75) is 39.8 Å². The van der Waals surface area contributed by atoms with Crippen LogP contribution < -0.4 is 5.32 Å². The van der Waals surface area contributed by atoms with Gasteiger partial charge in [-0.2, -0.15) is 0 Å². The topological polar surface area (TPSA) is 34.1 Å². The molecular weight excluding hydrogens is 200 g/mol. The van der Waals surface area contributed by atoms with Gasteiger partial charge in [0.15, 0.2) is 0 Å². The molecular formula is C13H22N2O. The van der Waals surface area contributed by atoms with Gasteiger partial charge in [-0.05, 0) is 52.4 Å². The highest BCUT2D eigenvalue weighted by Crippen LogP contribution is 2.15. The maximum absolute atomic E-state index is 5.65. The third-order valence-electron chi connectivity index (χ3n) is 2.45. The van der Waals surface area contributed by atoms with Crippen LogP contribution in [0.5, 0.6) is 0 Å². The highest BCUT2D eigenvalue weighted by atomic mass is 16.5. The van der Waals surface area contributed by atoms with Gasteiger partial charge in [0, 0.05) is 11.4 Å². The van der Waals surface area contributed by atoms with Crippen LogP contribution in [0, 0.1) is 13.8 Å². The van der Waals surface area contributed by atoms with Crippen LogP contribution in [0.25, 0.3) is 0 Å². The molecule has 1 aromatic heterocycles. The molecule has 0 saturated carbocycles. The number of pyridine rings is 1. The zero-order valence-corrected chi connectivity index (χ0v) is 10.9. The van der Waals surface area contributed by atoms with Gasteiger partial charge >= 0.3 is 0 Å². The lowest BCUT2D eigenvalue weighted by Crippen LogP contribution is -2.23. The van der Waals surface area contributed by atoms with Gasteiger partial charge in [0.05, 0.1) is 18.8 Å². The number of aromatic nitrogens is 1. The molecule has 0 aliphatic carbocycles. The van der Waals surface area contributed by atoms with Crippen molar-refractivity contribution in [2.24, 2.45) is 0 Å². The first-order chi connectivity index (χ1) is 7.52. The van der Waals surface area contributed by atoms with E-state index in [4.69, 9.17) is 4.74 Å². The Bertz CT molecular complexity index is 316. The minimum Gasteiger partial charge on any atom is -0.377 e. The van der Waals surface area contributed by atoms with Crippen LogP contribution >= 0.6 is 0 Å². The number of nitrogens with one attached hydrogen (secondary N) is 1. The minimum absolute atomic E-state index is 0.239. The molecule has 0 bridgehead atoms. The summed E-state index contributed by atoms with van der Waals surface area (Å²) in [5, 5.41) is 3.28. The summed E-state index contributed by atoms with van der Waals surface area (Å²) in [5.74, 6) is 0. The Morgan fingerprint density at radius 3 is 2.25 bits per heavy atom. The van der Waals surface area contributed by atoms with Crippen molar-refractivity contribution in [3.63, 3.8) is 0 Å². The van der Waals surface area contributed by atoms with Gasteiger partial charge in [0.25, 0.3) is 0 Å². The van der Waals surface area contributed by atoms with Crippen molar-refractivity contribution in [3.05, 3.63) is 29.1 Å². The second-order valence-corrected chi connectivity index (χ2v) is 4.41. The fourth-order valence-corrected chi connectivity index (χ4v) is 1.70. The first kappa shape index (κ1) is 13.1. The molecule has 0 saturated heterocycles. The lowest BCUT2D eigenvalue weighted by Gasteiger charge is -2.19. The number of rotatable bonds is 5. The Labute approximate surface area is 98.2 Å². The third-order valence-corrected chi connectivity index (χ3v) is 2.45. The quantitative estimate of drug-likeness (QED) is 0.830. The van der Waals surface area contributed by atoms with E-state index < -0.39 is 0 Å². The van der Waals surface area contributed by atoms with Gasteiger partial charge in [-0.1, -0.05) is 0 Å². The molecule has 1 rings (SSSR count). The summed E-state index contributed by atoms with van der Waals surface area (Å²) in [6.45, 7) is 8.83. The van der Waals surface area contributed by atoms with Crippen LogP contribution in [0.1, 0.15) is 36.8 Å². The highest BCUT2D eigenvalue weighted by Gasteiger charge is 2.11. The van der Waals surface area contributed by atoms with Crippen molar-refractivity contribution < 1.29 is 4.74 Å². The normalized spacial score (nSPS) is 13.1. The summed E-state index contributed by atoms with van der Waals surface area (Å²) in [7, 11) is 1.96. The summed E-state index contributed by atoms with van der Waals surface area (Å²) in [4.78, 5) is 4.38. The van der Waals surface area contributed by atoms with Crippen molar-refractivity contribution >= 4 is 0 Å². The van der Waals surface area contributed by atoms with E-state index in [0.29, 0.717) is 6.61 Å². The molecule has 3 nitrogen and oxygen atoms in total. The molecule has 0 radical (unpaired) electrons. The van der Waals surface area contributed by atoms with Crippen LogP contribution in [0.2, 0.25) is 0 Å². The molecule has 1 aromatic rings. The van der Waals surface area contributed by atoms with E-state index in [2.05, 4.69) is 36.3 Å². The maximum Gasteiger partial charge on any atom is 0.0664 e. The Balaban J connectivity index is 2.78. The minimum atomic E-state index is 0.239. The van der Waals surface area contributed by atoms with E-state index in [1.54, 1.807) is 0 Å². The van der Waals surface area contributed by atoms with Crippen LogP contribution in [0.4, 0.5) is 0 Å². The fraction of sp³-hybridized carbons (Fsp3) is 0.615. The van der Waals surface area contributed by atoms with Crippen LogP contribution in [-0.2, 0) is 4.74 Å². The molecule has 90 valence electrons. The second-order valence-electron chi connectivity index (χ2n) is 4.41. The second kappa shape index (κ2) is 5.97. The molecule has 0 aliphatic rings. The Hall–Kier alpha value is -0.930. The fourth-order valence-electron chi connectivity index (χ4n) is 1.70. The number of nitrogens with zero attached hydrogens (tertiary/aromatic N) is 1. The molecule has 16 heavy (non-hydrogen) atoms. The zero-order chi connectivity index (χ0) is 12.1. The number of ether oxygens (including phenoxy) is 1. The van der Waals surface area contributed by atoms with Gasteiger partial charge in [-0.3, -0.25) is 4.98 Å². The Morgan fingerprint density at radius 1 is 1.25 bits per heavy atom. The van der Waals surface area contributed by atoms with E-state index in [-0.39, 0.29) is 12.1 Å². The Morgan fingerprint density at radius 2 is 1.81 bits per heavy atom. The van der Waals surface area contributed by atoms with Crippen molar-refractivity contribution in [2.75, 3.05) is 13.7 Å². The predicted octanol–water partition coefficient (Wildman–Crippen LogP) is 2.38. The smallest absolute Gasteiger partial charge is 0.0664 e. The van der Waals surface area contributed by atoms with Gasteiger partial charge < -0.3 is 10.1 Å². The summed E-state index contributed by atoms with van der Waals surface area (Å²) >= 11 is 0. The lowest BCUT2D eigenvalue weighted by molar-refractivity contribution is 0.0626. The van der Waals surface area contributed by atoms with Gasteiger partial charge in [0.2, 0.25) is 0 Å². The standard InChI is InChI=1S/C13H22N2O/c1-9(2)16-8-13(14-5)12-6-10(3)15-11(4)7-12/h6-7,9,13-14H,8H2,1-5H3. The van der Waals surface area contributed by atoms with E-state index in [9.17, 15) is 0 Å². The average Bonchev–Trinajstić information content (AvgIpc) is 2.16. The summed E-state index contributed by atoms with van der Waals surface area (Å²) in [5.41, 5.74) is 3.35.